The number of hydrogen-bond acceptors (Lipinski definition) is 6. The number of nitrogens with one attached hydrogen (secondary N) is 2. The van der Waals surface area contributed by atoms with Crippen molar-refractivity contribution in [1.82, 2.24) is 24.9 Å². The monoisotopic (exact) mass is 402 g/mol. The maximum atomic E-state index is 11.9. The molecule has 2 N–H and O–H groups in total. The Labute approximate surface area is 173 Å². The Morgan fingerprint density at radius 2 is 2.07 bits per heavy atom. The van der Waals surface area contributed by atoms with Crippen molar-refractivity contribution in [2.75, 3.05) is 5.32 Å². The number of nitrogens with zero attached hydrogens (tertiary/aromatic N) is 4. The van der Waals surface area contributed by atoms with E-state index in [-0.39, 0.29) is 18.2 Å². The van der Waals surface area contributed by atoms with Gasteiger partial charge in [-0.05, 0) is 50.3 Å². The van der Waals surface area contributed by atoms with E-state index in [1.54, 1.807) is 16.8 Å². The van der Waals surface area contributed by atoms with E-state index >= 15 is 0 Å². The van der Waals surface area contributed by atoms with E-state index in [1.165, 1.54) is 0 Å². The predicted molar refractivity (Wildman–Crippen MR) is 112 cm³/mol. The molecule has 8 heteroatoms. The third kappa shape index (κ3) is 3.94. The Morgan fingerprint density at radius 3 is 2.80 bits per heavy atom. The first-order valence-corrected chi connectivity index (χ1v) is 10.2. The van der Waals surface area contributed by atoms with Crippen LogP contribution in [0.15, 0.2) is 42.2 Å². The number of imide groups is 1. The van der Waals surface area contributed by atoms with Crippen LogP contribution in [-0.4, -0.2) is 37.4 Å². The molecule has 2 amide bonds. The number of aromatic nitrogens is 4. The largest absolute Gasteiger partial charge is 0.367 e. The van der Waals surface area contributed by atoms with E-state index in [0.29, 0.717) is 17.3 Å². The number of aryl methyl sites for hydroxylation is 2. The molecule has 3 aromatic rings. The third-order valence-electron chi connectivity index (χ3n) is 5.30. The van der Waals surface area contributed by atoms with Crippen LogP contribution in [0.2, 0.25) is 0 Å². The third-order valence-corrected chi connectivity index (χ3v) is 5.30. The summed E-state index contributed by atoms with van der Waals surface area (Å²) in [6.45, 7) is 0. The molecule has 1 saturated carbocycles. The second-order valence-corrected chi connectivity index (χ2v) is 7.78. The highest BCUT2D eigenvalue weighted by atomic mass is 16.2. The Hall–Kier alpha value is -3.55. The zero-order chi connectivity index (χ0) is 20.5. The second kappa shape index (κ2) is 7.70. The summed E-state index contributed by atoms with van der Waals surface area (Å²) in [5, 5.41) is 10.3. The average Bonchev–Trinajstić information content (AvgIpc) is 3.37. The number of hydrogen-bond donors (Lipinski definition) is 2. The predicted octanol–water partition coefficient (Wildman–Crippen LogP) is 2.30. The molecule has 2 aliphatic rings. The Kier molecular flexibility index (Phi) is 4.74. The van der Waals surface area contributed by atoms with Gasteiger partial charge in [-0.15, -0.1) is 0 Å². The normalized spacial score (nSPS) is 17.7. The Balaban J connectivity index is 1.44. The van der Waals surface area contributed by atoms with E-state index < -0.39 is 0 Å². The highest BCUT2D eigenvalue weighted by Gasteiger charge is 2.25. The highest BCUT2D eigenvalue weighted by Crippen LogP contribution is 2.27. The fourth-order valence-corrected chi connectivity index (χ4v) is 3.60. The molecule has 4 heterocycles. The van der Waals surface area contributed by atoms with Gasteiger partial charge in [-0.2, -0.15) is 9.61 Å². The lowest BCUT2D eigenvalue weighted by Crippen LogP contribution is -2.19. The first-order valence-electron chi connectivity index (χ1n) is 10.2. The number of amides is 2. The number of carbonyl (C=O) groups is 2. The van der Waals surface area contributed by atoms with Gasteiger partial charge in [0.05, 0.1) is 12.6 Å². The molecule has 0 atom stereocenters. The molecule has 1 aliphatic heterocycles. The van der Waals surface area contributed by atoms with Crippen molar-refractivity contribution in [3.05, 3.63) is 59.2 Å². The Morgan fingerprint density at radius 1 is 1.20 bits per heavy atom. The lowest BCUT2D eigenvalue weighted by atomic mass is 10.1. The number of fused-ring (bicyclic) bond motifs is 1. The van der Waals surface area contributed by atoms with Crippen LogP contribution in [-0.2, 0) is 22.4 Å². The second-order valence-electron chi connectivity index (χ2n) is 7.78. The van der Waals surface area contributed by atoms with Crippen LogP contribution >= 0.6 is 0 Å². The van der Waals surface area contributed by atoms with Crippen LogP contribution in [0.3, 0.4) is 0 Å². The van der Waals surface area contributed by atoms with Gasteiger partial charge < -0.3 is 5.32 Å². The first kappa shape index (κ1) is 18.5. The molecule has 0 unspecified atom stereocenters. The van der Waals surface area contributed by atoms with Crippen molar-refractivity contribution in [1.29, 1.82) is 0 Å². The standard InChI is InChI=1S/C22H22N6O2/c29-20-11-14(22(30)27-20)10-15-13-24-28-19(25-17-7-8-17)12-18(26-21(15)28)6-3-5-16-4-1-2-9-23-16/h1-2,4,9-10,12-13,17,25H,3,5-8,11H2,(H,27,29,30)/b14-10+. The molecule has 8 nitrogen and oxygen atoms in total. The number of rotatable bonds is 7. The minimum atomic E-state index is -0.345. The summed E-state index contributed by atoms with van der Waals surface area (Å²) < 4.78 is 1.78. The van der Waals surface area contributed by atoms with Crippen molar-refractivity contribution in [2.45, 2.75) is 44.6 Å². The molecule has 30 heavy (non-hydrogen) atoms. The fraction of sp³-hybridized carbons (Fsp3) is 0.318. The van der Waals surface area contributed by atoms with E-state index in [0.717, 1.165) is 54.9 Å². The molecule has 5 rings (SSSR count). The van der Waals surface area contributed by atoms with E-state index in [2.05, 4.69) is 26.8 Å². The molecule has 1 saturated heterocycles. The number of carbonyl (C=O) groups excluding carboxylic acids is 2. The lowest BCUT2D eigenvalue weighted by Gasteiger charge is -2.10. The van der Waals surface area contributed by atoms with Crippen LogP contribution in [0.4, 0.5) is 5.82 Å². The van der Waals surface area contributed by atoms with Crippen LogP contribution in [0, 0.1) is 0 Å². The number of anilines is 1. The summed E-state index contributed by atoms with van der Waals surface area (Å²) in [5.41, 5.74) is 3.90. The molecule has 2 fully saturated rings. The molecule has 152 valence electrons. The van der Waals surface area contributed by atoms with Gasteiger partial charge in [0.15, 0.2) is 5.65 Å². The zero-order valence-corrected chi connectivity index (χ0v) is 16.5. The quantitative estimate of drug-likeness (QED) is 0.465. The SMILES string of the molecule is O=C1C/C(=C\c2cnn3c(NC4CC4)cc(CCCc4ccccn4)nc23)C(=O)N1. The van der Waals surface area contributed by atoms with Gasteiger partial charge in [-0.3, -0.25) is 19.9 Å². The van der Waals surface area contributed by atoms with Crippen LogP contribution < -0.4 is 10.6 Å². The molecule has 0 aromatic carbocycles. The van der Waals surface area contributed by atoms with Crippen molar-refractivity contribution in [3.63, 3.8) is 0 Å². The lowest BCUT2D eigenvalue weighted by molar-refractivity contribution is -0.124. The first-order chi connectivity index (χ1) is 14.7. The van der Waals surface area contributed by atoms with Gasteiger partial charge in [-0.1, -0.05) is 6.07 Å². The molecule has 0 radical (unpaired) electrons. The van der Waals surface area contributed by atoms with Crippen molar-refractivity contribution >= 4 is 29.4 Å². The smallest absolute Gasteiger partial charge is 0.254 e. The van der Waals surface area contributed by atoms with Gasteiger partial charge in [0.2, 0.25) is 5.91 Å². The van der Waals surface area contributed by atoms with Crippen LogP contribution in [0.5, 0.6) is 0 Å². The topological polar surface area (TPSA) is 101 Å². The van der Waals surface area contributed by atoms with Gasteiger partial charge in [-0.25, -0.2) is 4.98 Å². The summed E-state index contributed by atoms with van der Waals surface area (Å²) in [4.78, 5) is 32.6. The number of pyridine rings is 1. The summed E-state index contributed by atoms with van der Waals surface area (Å²) in [5.74, 6) is 0.288. The maximum Gasteiger partial charge on any atom is 0.254 e. The molecule has 0 spiro atoms. The highest BCUT2D eigenvalue weighted by molar-refractivity contribution is 6.15. The minimum absolute atomic E-state index is 0.0904. The molecular weight excluding hydrogens is 380 g/mol. The zero-order valence-electron chi connectivity index (χ0n) is 16.5. The minimum Gasteiger partial charge on any atom is -0.367 e. The average molecular weight is 402 g/mol. The molecular formula is C22H22N6O2. The van der Waals surface area contributed by atoms with Crippen LogP contribution in [0.25, 0.3) is 11.7 Å². The van der Waals surface area contributed by atoms with Gasteiger partial charge in [0.25, 0.3) is 5.91 Å². The fourth-order valence-electron chi connectivity index (χ4n) is 3.60. The summed E-state index contributed by atoms with van der Waals surface area (Å²) >= 11 is 0. The molecule has 3 aromatic heterocycles. The van der Waals surface area contributed by atoms with Crippen molar-refractivity contribution in [3.8, 4) is 0 Å². The van der Waals surface area contributed by atoms with Gasteiger partial charge in [0, 0.05) is 40.8 Å². The van der Waals surface area contributed by atoms with E-state index in [9.17, 15) is 9.59 Å². The van der Waals surface area contributed by atoms with E-state index in [1.807, 2.05) is 24.4 Å². The van der Waals surface area contributed by atoms with Crippen molar-refractivity contribution < 1.29 is 9.59 Å². The van der Waals surface area contributed by atoms with Crippen LogP contribution in [0.1, 0.15) is 42.6 Å². The van der Waals surface area contributed by atoms with E-state index in [4.69, 9.17) is 4.98 Å². The van der Waals surface area contributed by atoms with Crippen molar-refractivity contribution in [2.24, 2.45) is 0 Å². The van der Waals surface area contributed by atoms with Gasteiger partial charge >= 0.3 is 0 Å². The summed E-state index contributed by atoms with van der Waals surface area (Å²) in [7, 11) is 0. The maximum absolute atomic E-state index is 11.9. The Bertz CT molecular complexity index is 1150. The van der Waals surface area contributed by atoms with Gasteiger partial charge in [0.1, 0.15) is 5.82 Å². The summed E-state index contributed by atoms with van der Waals surface area (Å²) in [6, 6.07) is 8.48. The molecule has 1 aliphatic carbocycles. The summed E-state index contributed by atoms with van der Waals surface area (Å²) in [6.07, 6.45) is 10.3. The molecule has 0 bridgehead atoms.